The van der Waals surface area contributed by atoms with E-state index in [1.165, 1.54) is 6.20 Å². The quantitative estimate of drug-likeness (QED) is 0.839. The molecular weight excluding hydrogens is 281 g/mol. The van der Waals surface area contributed by atoms with Crippen LogP contribution in [0.5, 0.6) is 0 Å². The molecule has 0 aliphatic heterocycles. The van der Waals surface area contributed by atoms with Crippen molar-refractivity contribution in [3.8, 4) is 0 Å². The van der Waals surface area contributed by atoms with Crippen LogP contribution in [0.15, 0.2) is 16.7 Å². The van der Waals surface area contributed by atoms with Crippen molar-refractivity contribution in [3.05, 3.63) is 21.9 Å². The highest BCUT2D eigenvalue weighted by atomic mass is 79.9. The Morgan fingerprint density at radius 2 is 2.47 bits per heavy atom. The first-order chi connectivity index (χ1) is 7.04. The van der Waals surface area contributed by atoms with Crippen LogP contribution in [-0.4, -0.2) is 16.9 Å². The second-order valence-electron chi connectivity index (χ2n) is 3.00. The summed E-state index contributed by atoms with van der Waals surface area (Å²) in [5.41, 5.74) is 6.13. The molecule has 1 amide bonds. The molecule has 1 rings (SSSR count). The zero-order valence-electron chi connectivity index (χ0n) is 8.13. The first-order valence-corrected chi connectivity index (χ1v) is 5.59. The molecule has 0 spiro atoms. The van der Waals surface area contributed by atoms with E-state index in [-0.39, 0.29) is 5.91 Å². The predicted octanol–water partition coefficient (Wildman–Crippen LogP) is 2.17. The third-order valence-electron chi connectivity index (χ3n) is 1.84. The first kappa shape index (κ1) is 12.4. The number of aromatic nitrogens is 1. The van der Waals surface area contributed by atoms with Gasteiger partial charge in [0.15, 0.2) is 0 Å². The molecule has 0 radical (unpaired) electrons. The smallest absolute Gasteiger partial charge is 0.241 e. The van der Waals surface area contributed by atoms with E-state index in [2.05, 4.69) is 26.2 Å². The lowest BCUT2D eigenvalue weighted by Crippen LogP contribution is -2.34. The summed E-state index contributed by atoms with van der Waals surface area (Å²) in [6.07, 6.45) is 2.07. The molecule has 0 saturated heterocycles. The Bertz CT molecular complexity index is 372. The summed E-state index contributed by atoms with van der Waals surface area (Å²) < 4.78 is 0.632. The fourth-order valence-electron chi connectivity index (χ4n) is 0.910. The van der Waals surface area contributed by atoms with Crippen LogP contribution >= 0.6 is 27.5 Å². The summed E-state index contributed by atoms with van der Waals surface area (Å²) in [6, 6.07) is 1.18. The molecule has 1 aromatic heterocycles. The lowest BCUT2D eigenvalue weighted by atomic mass is 10.2. The van der Waals surface area contributed by atoms with Gasteiger partial charge in [0.25, 0.3) is 0 Å². The number of nitrogens with two attached hydrogens (primary N) is 1. The molecule has 6 heteroatoms. The molecule has 1 unspecified atom stereocenters. The molecule has 0 aliphatic rings. The van der Waals surface area contributed by atoms with Crippen LogP contribution in [-0.2, 0) is 4.79 Å². The highest BCUT2D eigenvalue weighted by Crippen LogP contribution is 2.22. The number of rotatable bonds is 3. The third-order valence-corrected chi connectivity index (χ3v) is 2.97. The zero-order valence-corrected chi connectivity index (χ0v) is 10.5. The number of carbonyl (C=O) groups excluding carboxylic acids is 1. The number of nitrogens with zero attached hydrogens (tertiary/aromatic N) is 1. The molecule has 3 N–H and O–H groups in total. The Morgan fingerprint density at radius 1 is 1.80 bits per heavy atom. The van der Waals surface area contributed by atoms with E-state index in [0.717, 1.165) is 0 Å². The number of amides is 1. The van der Waals surface area contributed by atoms with Gasteiger partial charge in [0.1, 0.15) is 5.15 Å². The van der Waals surface area contributed by atoms with E-state index in [1.807, 2.05) is 6.92 Å². The van der Waals surface area contributed by atoms with Gasteiger partial charge in [0, 0.05) is 0 Å². The standard InChI is InChI=1S/C9H11BrClN3O/c1-2-7(12)9(15)14-5-3-6(10)8(11)13-4-5/h3-4,7H,2,12H2,1H3,(H,14,15). The molecule has 0 fully saturated rings. The molecule has 0 aliphatic carbocycles. The Labute approximate surface area is 101 Å². The summed E-state index contributed by atoms with van der Waals surface area (Å²) in [4.78, 5) is 15.3. The molecule has 1 aromatic rings. The van der Waals surface area contributed by atoms with Gasteiger partial charge >= 0.3 is 0 Å². The van der Waals surface area contributed by atoms with Crippen LogP contribution in [0.2, 0.25) is 5.15 Å². The van der Waals surface area contributed by atoms with E-state index in [4.69, 9.17) is 17.3 Å². The minimum atomic E-state index is -0.501. The number of halogens is 2. The Balaban J connectivity index is 2.73. The van der Waals surface area contributed by atoms with Crippen LogP contribution in [0.4, 0.5) is 5.69 Å². The maximum Gasteiger partial charge on any atom is 0.241 e. The highest BCUT2D eigenvalue weighted by molar-refractivity contribution is 9.10. The molecule has 0 bridgehead atoms. The van der Waals surface area contributed by atoms with Gasteiger partial charge in [-0.25, -0.2) is 4.98 Å². The van der Waals surface area contributed by atoms with Crippen LogP contribution in [0.1, 0.15) is 13.3 Å². The monoisotopic (exact) mass is 291 g/mol. The predicted molar refractivity (Wildman–Crippen MR) is 63.8 cm³/mol. The fraction of sp³-hybridized carbons (Fsp3) is 0.333. The molecule has 15 heavy (non-hydrogen) atoms. The third kappa shape index (κ3) is 3.44. The van der Waals surface area contributed by atoms with Crippen molar-refractivity contribution in [2.24, 2.45) is 5.73 Å². The Kier molecular flexibility index (Phi) is 4.50. The molecule has 0 saturated carbocycles. The maximum absolute atomic E-state index is 11.4. The van der Waals surface area contributed by atoms with E-state index in [9.17, 15) is 4.79 Å². The summed E-state index contributed by atoms with van der Waals surface area (Å²) in [6.45, 7) is 1.85. The summed E-state index contributed by atoms with van der Waals surface area (Å²) >= 11 is 8.92. The zero-order chi connectivity index (χ0) is 11.4. The molecule has 4 nitrogen and oxygen atoms in total. The summed E-state index contributed by atoms with van der Waals surface area (Å²) in [5.74, 6) is -0.228. The van der Waals surface area contributed by atoms with Gasteiger partial charge in [-0.2, -0.15) is 0 Å². The van der Waals surface area contributed by atoms with Crippen molar-refractivity contribution in [1.82, 2.24) is 4.98 Å². The van der Waals surface area contributed by atoms with Gasteiger partial charge in [0.2, 0.25) is 5.91 Å². The molecule has 1 atom stereocenters. The maximum atomic E-state index is 11.4. The largest absolute Gasteiger partial charge is 0.323 e. The highest BCUT2D eigenvalue weighted by Gasteiger charge is 2.11. The first-order valence-electron chi connectivity index (χ1n) is 4.42. The SMILES string of the molecule is CCC(N)C(=O)Nc1cnc(Cl)c(Br)c1. The number of anilines is 1. The summed E-state index contributed by atoms with van der Waals surface area (Å²) in [7, 11) is 0. The van der Waals surface area contributed by atoms with Gasteiger partial charge in [-0.3, -0.25) is 4.79 Å². The van der Waals surface area contributed by atoms with Crippen LogP contribution in [0.25, 0.3) is 0 Å². The average molecular weight is 293 g/mol. The average Bonchev–Trinajstić information content (AvgIpc) is 2.22. The number of pyridine rings is 1. The van der Waals surface area contributed by atoms with Crippen molar-refractivity contribution in [2.45, 2.75) is 19.4 Å². The van der Waals surface area contributed by atoms with E-state index < -0.39 is 6.04 Å². The van der Waals surface area contributed by atoms with E-state index >= 15 is 0 Å². The minimum Gasteiger partial charge on any atom is -0.323 e. The van der Waals surface area contributed by atoms with Crippen LogP contribution in [0.3, 0.4) is 0 Å². The minimum absolute atomic E-state index is 0.228. The molecule has 1 heterocycles. The Hall–Kier alpha value is -0.650. The normalized spacial score (nSPS) is 12.3. The van der Waals surface area contributed by atoms with Crippen molar-refractivity contribution in [3.63, 3.8) is 0 Å². The lowest BCUT2D eigenvalue weighted by molar-refractivity contribution is -0.117. The van der Waals surface area contributed by atoms with Crippen LogP contribution in [0, 0.1) is 0 Å². The fourth-order valence-corrected chi connectivity index (χ4v) is 1.36. The number of nitrogens with one attached hydrogen (secondary N) is 1. The van der Waals surface area contributed by atoms with E-state index in [0.29, 0.717) is 21.7 Å². The second-order valence-corrected chi connectivity index (χ2v) is 4.21. The van der Waals surface area contributed by atoms with Crippen molar-refractivity contribution in [2.75, 3.05) is 5.32 Å². The van der Waals surface area contributed by atoms with Crippen molar-refractivity contribution in [1.29, 1.82) is 0 Å². The van der Waals surface area contributed by atoms with Gasteiger partial charge in [-0.15, -0.1) is 0 Å². The van der Waals surface area contributed by atoms with Gasteiger partial charge < -0.3 is 11.1 Å². The van der Waals surface area contributed by atoms with Gasteiger partial charge in [-0.1, -0.05) is 18.5 Å². The van der Waals surface area contributed by atoms with Gasteiger partial charge in [0.05, 0.1) is 22.4 Å². The number of hydrogen-bond acceptors (Lipinski definition) is 3. The molecule has 0 aromatic carbocycles. The Morgan fingerprint density at radius 3 is 3.00 bits per heavy atom. The second kappa shape index (κ2) is 5.44. The summed E-state index contributed by atoms with van der Waals surface area (Å²) in [5, 5.41) is 3.00. The lowest BCUT2D eigenvalue weighted by Gasteiger charge is -2.09. The number of carbonyl (C=O) groups is 1. The molecular formula is C9H11BrClN3O. The van der Waals surface area contributed by atoms with E-state index in [1.54, 1.807) is 6.07 Å². The molecule has 82 valence electrons. The van der Waals surface area contributed by atoms with Gasteiger partial charge in [-0.05, 0) is 28.4 Å². The van der Waals surface area contributed by atoms with Crippen LogP contribution < -0.4 is 11.1 Å². The van der Waals surface area contributed by atoms with Crippen molar-refractivity contribution >= 4 is 39.1 Å². The topological polar surface area (TPSA) is 68.0 Å². The number of hydrogen-bond donors (Lipinski definition) is 2. The van der Waals surface area contributed by atoms with Crippen molar-refractivity contribution < 1.29 is 4.79 Å².